The molecule has 0 bridgehead atoms. The lowest BCUT2D eigenvalue weighted by Gasteiger charge is -2.20. The van der Waals surface area contributed by atoms with E-state index in [0.717, 1.165) is 5.92 Å². The minimum atomic E-state index is 0.703. The van der Waals surface area contributed by atoms with Crippen LogP contribution in [-0.4, -0.2) is 0 Å². The highest BCUT2D eigenvalue weighted by atomic mass is 14.2. The number of hydrogen-bond donors (Lipinski definition) is 0. The average Bonchev–Trinajstić information content (AvgIpc) is 1.59. The fraction of sp³-hybridized carbons (Fsp3) is 0.778. The quantitative estimate of drug-likeness (QED) is 0.464. The fourth-order valence-electron chi connectivity index (χ4n) is 1.75. The van der Waals surface area contributed by atoms with E-state index < -0.39 is 0 Å². The van der Waals surface area contributed by atoms with Crippen LogP contribution >= 0.6 is 0 Å². The molecule has 0 spiro atoms. The highest BCUT2D eigenvalue weighted by Gasteiger charge is 2.13. The van der Waals surface area contributed by atoms with Gasteiger partial charge in [-0.25, -0.2) is 0 Å². The molecule has 0 saturated heterocycles. The first-order valence-electron chi connectivity index (χ1n) is 3.77. The van der Waals surface area contributed by atoms with Gasteiger partial charge in [-0.2, -0.15) is 0 Å². The lowest BCUT2D eigenvalue weighted by Crippen LogP contribution is -2.08. The van der Waals surface area contributed by atoms with Gasteiger partial charge in [-0.1, -0.05) is 19.4 Å². The van der Waals surface area contributed by atoms with Crippen molar-refractivity contribution < 1.29 is 0 Å². The van der Waals surface area contributed by atoms with Crippen LogP contribution in [0.25, 0.3) is 0 Å². The molecule has 2 unspecified atom stereocenters. The van der Waals surface area contributed by atoms with E-state index in [1.807, 2.05) is 0 Å². The molecule has 1 rings (SSSR count). The lowest BCUT2D eigenvalue weighted by atomic mass is 9.85. The van der Waals surface area contributed by atoms with E-state index in [2.05, 4.69) is 26.8 Å². The Kier molecular flexibility index (Phi) is 1.94. The molecule has 0 nitrogen and oxygen atoms in total. The molecule has 1 aliphatic carbocycles. The van der Waals surface area contributed by atoms with E-state index in [0.29, 0.717) is 5.92 Å². The third-order valence-electron chi connectivity index (χ3n) is 1.90. The van der Waals surface area contributed by atoms with Crippen LogP contribution in [0.15, 0.2) is 5.57 Å². The molecule has 0 fully saturated rings. The predicted octanol–water partition coefficient (Wildman–Crippen LogP) is 2.80. The molecule has 1 aliphatic rings. The third-order valence-corrected chi connectivity index (χ3v) is 1.90. The van der Waals surface area contributed by atoms with Crippen molar-refractivity contribution in [3.8, 4) is 0 Å². The molecule has 0 heteroatoms. The van der Waals surface area contributed by atoms with Crippen LogP contribution in [-0.2, 0) is 0 Å². The predicted molar refractivity (Wildman–Crippen MR) is 40.0 cm³/mol. The van der Waals surface area contributed by atoms with Gasteiger partial charge in [-0.15, -0.1) is 0 Å². The number of allylic oxidation sites excluding steroid dienone is 2. The van der Waals surface area contributed by atoms with Crippen LogP contribution in [0.4, 0.5) is 0 Å². The molecule has 1 radical (unpaired) electrons. The molecular weight excluding hydrogens is 108 g/mol. The maximum absolute atomic E-state index is 3.43. The second-order valence-corrected chi connectivity index (χ2v) is 3.37. The van der Waals surface area contributed by atoms with Gasteiger partial charge < -0.3 is 0 Å². The van der Waals surface area contributed by atoms with Gasteiger partial charge in [0.25, 0.3) is 0 Å². The molecule has 9 heavy (non-hydrogen) atoms. The van der Waals surface area contributed by atoms with Crippen LogP contribution in [0.3, 0.4) is 0 Å². The highest BCUT2D eigenvalue weighted by molar-refractivity contribution is 4.99. The number of rotatable bonds is 0. The summed E-state index contributed by atoms with van der Waals surface area (Å²) in [7, 11) is 0. The zero-order valence-electron chi connectivity index (χ0n) is 6.57. The van der Waals surface area contributed by atoms with Crippen LogP contribution < -0.4 is 0 Å². The molecule has 51 valence electrons. The Morgan fingerprint density at radius 3 is 2.56 bits per heavy atom. The first-order chi connectivity index (χ1) is 4.18. The normalized spacial score (nSPS) is 36.1. The molecule has 0 aromatic carbocycles. The van der Waals surface area contributed by atoms with Gasteiger partial charge in [-0.05, 0) is 37.7 Å². The average molecular weight is 123 g/mol. The van der Waals surface area contributed by atoms with Gasteiger partial charge in [0.2, 0.25) is 0 Å². The van der Waals surface area contributed by atoms with Crippen molar-refractivity contribution >= 4 is 0 Å². The largest absolute Gasteiger partial charge is 0.0693 e. The van der Waals surface area contributed by atoms with Gasteiger partial charge in [-0.3, -0.25) is 0 Å². The molecule has 0 saturated carbocycles. The molecule has 0 aromatic rings. The summed E-state index contributed by atoms with van der Waals surface area (Å²) in [5.74, 6) is 1.59. The van der Waals surface area contributed by atoms with Crippen molar-refractivity contribution in [2.45, 2.75) is 33.6 Å². The SMILES string of the molecule is CC1=[C]C(C)CC(C)C1. The van der Waals surface area contributed by atoms with Gasteiger partial charge in [0, 0.05) is 0 Å². The zero-order valence-corrected chi connectivity index (χ0v) is 6.57. The molecular formula is C9H15. The van der Waals surface area contributed by atoms with Crippen molar-refractivity contribution in [2.75, 3.05) is 0 Å². The summed E-state index contributed by atoms with van der Waals surface area (Å²) >= 11 is 0. The Morgan fingerprint density at radius 1 is 1.44 bits per heavy atom. The third kappa shape index (κ3) is 1.85. The van der Waals surface area contributed by atoms with Gasteiger partial charge in [0.15, 0.2) is 0 Å². The Bertz CT molecular complexity index is 122. The molecule has 0 aromatic heterocycles. The second kappa shape index (κ2) is 2.55. The Labute approximate surface area is 58.0 Å². The van der Waals surface area contributed by atoms with Crippen molar-refractivity contribution in [1.82, 2.24) is 0 Å². The van der Waals surface area contributed by atoms with Gasteiger partial charge in [0.1, 0.15) is 0 Å². The van der Waals surface area contributed by atoms with E-state index in [1.54, 1.807) is 0 Å². The van der Waals surface area contributed by atoms with Crippen molar-refractivity contribution in [3.63, 3.8) is 0 Å². The summed E-state index contributed by atoms with van der Waals surface area (Å²) in [6, 6.07) is 0. The van der Waals surface area contributed by atoms with Crippen LogP contribution in [0.2, 0.25) is 0 Å². The maximum Gasteiger partial charge on any atom is -0.0185 e. The summed E-state index contributed by atoms with van der Waals surface area (Å²) in [6.45, 7) is 6.76. The Balaban J connectivity index is 2.56. The summed E-state index contributed by atoms with van der Waals surface area (Å²) in [5.41, 5.74) is 1.46. The minimum absolute atomic E-state index is 0.703. The van der Waals surface area contributed by atoms with E-state index in [-0.39, 0.29) is 0 Å². The van der Waals surface area contributed by atoms with Crippen LogP contribution in [0.5, 0.6) is 0 Å². The van der Waals surface area contributed by atoms with Gasteiger partial charge >= 0.3 is 0 Å². The maximum atomic E-state index is 3.43. The summed E-state index contributed by atoms with van der Waals surface area (Å²) in [4.78, 5) is 0. The van der Waals surface area contributed by atoms with E-state index >= 15 is 0 Å². The number of hydrogen-bond acceptors (Lipinski definition) is 0. The molecule has 0 heterocycles. The van der Waals surface area contributed by atoms with Crippen LogP contribution in [0, 0.1) is 17.9 Å². The molecule has 0 amide bonds. The van der Waals surface area contributed by atoms with E-state index in [4.69, 9.17) is 0 Å². The zero-order chi connectivity index (χ0) is 6.85. The van der Waals surface area contributed by atoms with Crippen LogP contribution in [0.1, 0.15) is 33.6 Å². The highest BCUT2D eigenvalue weighted by Crippen LogP contribution is 2.25. The smallest absolute Gasteiger partial charge is 0.0185 e. The topological polar surface area (TPSA) is 0 Å². The minimum Gasteiger partial charge on any atom is -0.0693 e. The first-order valence-corrected chi connectivity index (χ1v) is 3.77. The Hall–Kier alpha value is -0.260. The second-order valence-electron chi connectivity index (χ2n) is 3.37. The van der Waals surface area contributed by atoms with Gasteiger partial charge in [0.05, 0.1) is 0 Å². The first kappa shape index (κ1) is 6.85. The van der Waals surface area contributed by atoms with Crippen molar-refractivity contribution in [2.24, 2.45) is 11.8 Å². The molecule has 0 N–H and O–H groups in total. The fourth-order valence-corrected chi connectivity index (χ4v) is 1.75. The van der Waals surface area contributed by atoms with E-state index in [1.165, 1.54) is 18.4 Å². The van der Waals surface area contributed by atoms with Crippen molar-refractivity contribution in [3.05, 3.63) is 11.6 Å². The Morgan fingerprint density at radius 2 is 2.11 bits per heavy atom. The van der Waals surface area contributed by atoms with E-state index in [9.17, 15) is 0 Å². The summed E-state index contributed by atoms with van der Waals surface area (Å²) < 4.78 is 0. The molecule has 2 atom stereocenters. The van der Waals surface area contributed by atoms with Crippen molar-refractivity contribution in [1.29, 1.82) is 0 Å². The monoisotopic (exact) mass is 123 g/mol. The standard InChI is InChI=1S/C9H15/c1-7-4-8(2)6-9(3)5-7/h7-8H,4-5H2,1-3H3. The lowest BCUT2D eigenvalue weighted by molar-refractivity contribution is 0.426. The molecule has 0 aliphatic heterocycles. The summed E-state index contributed by atoms with van der Waals surface area (Å²) in [6.07, 6.45) is 6.03. The summed E-state index contributed by atoms with van der Waals surface area (Å²) in [5, 5.41) is 0.